The number of rotatable bonds is 5. The summed E-state index contributed by atoms with van der Waals surface area (Å²) in [5.74, 6) is 0.563. The molecule has 5 nitrogen and oxygen atoms in total. The van der Waals surface area contributed by atoms with Gasteiger partial charge in [0.1, 0.15) is 0 Å². The van der Waals surface area contributed by atoms with Gasteiger partial charge in [-0.3, -0.25) is 14.5 Å². The Morgan fingerprint density at radius 1 is 1.17 bits per heavy atom. The van der Waals surface area contributed by atoms with E-state index in [1.807, 2.05) is 24.0 Å². The van der Waals surface area contributed by atoms with E-state index in [2.05, 4.69) is 30.1 Å². The van der Waals surface area contributed by atoms with Crippen LogP contribution in [-0.4, -0.2) is 54.3 Å². The highest BCUT2D eigenvalue weighted by Gasteiger charge is 2.19. The Bertz CT molecular complexity index is 590. The average Bonchev–Trinajstić information content (AvgIpc) is 2.55. The Morgan fingerprint density at radius 2 is 1.83 bits per heavy atom. The van der Waals surface area contributed by atoms with Crippen molar-refractivity contribution in [3.8, 4) is 0 Å². The van der Waals surface area contributed by atoms with Crippen LogP contribution in [0.3, 0.4) is 0 Å². The average molecular weight is 331 g/mol. The van der Waals surface area contributed by atoms with E-state index in [0.29, 0.717) is 12.3 Å². The third-order valence-corrected chi connectivity index (χ3v) is 4.66. The first-order valence-electron chi connectivity index (χ1n) is 8.75. The first-order chi connectivity index (χ1) is 11.4. The first-order valence-corrected chi connectivity index (χ1v) is 8.75. The van der Waals surface area contributed by atoms with Crippen molar-refractivity contribution in [1.29, 1.82) is 0 Å². The summed E-state index contributed by atoms with van der Waals surface area (Å²) in [7, 11) is 0. The number of benzene rings is 1. The Labute approximate surface area is 145 Å². The number of para-hydroxylation sites is 1. The largest absolute Gasteiger partial charge is 0.340 e. The van der Waals surface area contributed by atoms with Gasteiger partial charge >= 0.3 is 0 Å². The van der Waals surface area contributed by atoms with Crippen LogP contribution in [-0.2, 0) is 9.59 Å². The number of hydrogen-bond acceptors (Lipinski definition) is 3. The van der Waals surface area contributed by atoms with Gasteiger partial charge in [0.25, 0.3) is 0 Å². The van der Waals surface area contributed by atoms with E-state index in [-0.39, 0.29) is 11.8 Å². The molecule has 0 saturated carbocycles. The number of piperazine rings is 1. The van der Waals surface area contributed by atoms with Gasteiger partial charge in [0, 0.05) is 51.8 Å². The van der Waals surface area contributed by atoms with Crippen molar-refractivity contribution in [3.63, 3.8) is 0 Å². The molecule has 0 aliphatic carbocycles. The van der Waals surface area contributed by atoms with Gasteiger partial charge in [0.15, 0.2) is 0 Å². The molecule has 132 valence electrons. The van der Waals surface area contributed by atoms with Crippen LogP contribution in [0.4, 0.5) is 5.69 Å². The molecule has 2 amide bonds. The van der Waals surface area contributed by atoms with Gasteiger partial charge < -0.3 is 10.2 Å². The van der Waals surface area contributed by atoms with Crippen LogP contribution in [0.2, 0.25) is 0 Å². The van der Waals surface area contributed by atoms with E-state index < -0.39 is 0 Å². The van der Waals surface area contributed by atoms with Gasteiger partial charge in [-0.05, 0) is 24.0 Å². The number of carbonyl (C=O) groups excluding carboxylic acids is 2. The summed E-state index contributed by atoms with van der Waals surface area (Å²) in [6, 6.07) is 6.14. The highest BCUT2D eigenvalue weighted by Crippen LogP contribution is 2.27. The lowest BCUT2D eigenvalue weighted by atomic mass is 9.98. The maximum Gasteiger partial charge on any atom is 0.225 e. The second kappa shape index (κ2) is 8.29. The third kappa shape index (κ3) is 4.81. The Balaban J connectivity index is 1.86. The highest BCUT2D eigenvalue weighted by molar-refractivity contribution is 5.92. The third-order valence-electron chi connectivity index (χ3n) is 4.66. The highest BCUT2D eigenvalue weighted by atomic mass is 16.2. The van der Waals surface area contributed by atoms with E-state index in [0.717, 1.165) is 44.0 Å². The minimum atomic E-state index is 0.0557. The lowest BCUT2D eigenvalue weighted by Gasteiger charge is -2.34. The van der Waals surface area contributed by atoms with E-state index >= 15 is 0 Å². The van der Waals surface area contributed by atoms with Crippen LogP contribution in [0.5, 0.6) is 0 Å². The fourth-order valence-corrected chi connectivity index (χ4v) is 3.09. The molecule has 2 rings (SSSR count). The molecule has 1 aliphatic rings. The monoisotopic (exact) mass is 331 g/mol. The van der Waals surface area contributed by atoms with Gasteiger partial charge in [0.2, 0.25) is 11.8 Å². The molecule has 1 N–H and O–H groups in total. The molecule has 1 aliphatic heterocycles. The molecule has 0 spiro atoms. The molecule has 0 unspecified atom stereocenters. The molecule has 24 heavy (non-hydrogen) atoms. The molecule has 0 aromatic heterocycles. The maximum absolute atomic E-state index is 12.4. The van der Waals surface area contributed by atoms with Gasteiger partial charge in [-0.2, -0.15) is 0 Å². The Kier molecular flexibility index (Phi) is 6.37. The molecular weight excluding hydrogens is 302 g/mol. The number of carbonyl (C=O) groups is 2. The quantitative estimate of drug-likeness (QED) is 0.902. The molecule has 0 atom stereocenters. The van der Waals surface area contributed by atoms with Crippen LogP contribution in [0.1, 0.15) is 44.2 Å². The van der Waals surface area contributed by atoms with E-state index in [4.69, 9.17) is 0 Å². The molecular formula is C19H29N3O2. The maximum atomic E-state index is 12.4. The van der Waals surface area contributed by atoms with Crippen LogP contribution < -0.4 is 5.32 Å². The zero-order valence-electron chi connectivity index (χ0n) is 15.3. The molecule has 0 radical (unpaired) electrons. The van der Waals surface area contributed by atoms with Crippen LogP contribution >= 0.6 is 0 Å². The van der Waals surface area contributed by atoms with Gasteiger partial charge in [-0.15, -0.1) is 0 Å². The van der Waals surface area contributed by atoms with Gasteiger partial charge in [-0.25, -0.2) is 0 Å². The molecule has 1 aromatic rings. The topological polar surface area (TPSA) is 52.7 Å². The predicted molar refractivity (Wildman–Crippen MR) is 97.2 cm³/mol. The van der Waals surface area contributed by atoms with Crippen molar-refractivity contribution in [2.75, 3.05) is 38.0 Å². The smallest absolute Gasteiger partial charge is 0.225 e. The van der Waals surface area contributed by atoms with Crippen LogP contribution in [0.15, 0.2) is 18.2 Å². The SMILES string of the molecule is CC(=O)N1CCN(CCC(=O)Nc2c(C)cccc2C(C)C)CC1. The number of amides is 2. The van der Waals surface area contributed by atoms with Crippen molar-refractivity contribution < 1.29 is 9.59 Å². The fraction of sp³-hybridized carbons (Fsp3) is 0.579. The summed E-state index contributed by atoms with van der Waals surface area (Å²) >= 11 is 0. The van der Waals surface area contributed by atoms with E-state index in [1.54, 1.807) is 6.92 Å². The zero-order valence-corrected chi connectivity index (χ0v) is 15.3. The molecule has 0 bridgehead atoms. The predicted octanol–water partition coefficient (Wildman–Crippen LogP) is 2.61. The summed E-state index contributed by atoms with van der Waals surface area (Å²) in [4.78, 5) is 27.8. The lowest BCUT2D eigenvalue weighted by Crippen LogP contribution is -2.48. The molecule has 1 aromatic carbocycles. The van der Waals surface area contributed by atoms with E-state index in [9.17, 15) is 9.59 Å². The van der Waals surface area contributed by atoms with Crippen LogP contribution in [0, 0.1) is 6.92 Å². The standard InChI is InChI=1S/C19H29N3O2/c1-14(2)17-7-5-6-15(3)19(17)20-18(24)8-9-21-10-12-22(13-11-21)16(4)23/h5-7,14H,8-13H2,1-4H3,(H,20,24). The molecule has 1 heterocycles. The van der Waals surface area contributed by atoms with Crippen molar-refractivity contribution in [1.82, 2.24) is 9.80 Å². The van der Waals surface area contributed by atoms with Crippen LogP contribution in [0.25, 0.3) is 0 Å². The van der Waals surface area contributed by atoms with Crippen molar-refractivity contribution in [3.05, 3.63) is 29.3 Å². The minimum Gasteiger partial charge on any atom is -0.340 e. The van der Waals surface area contributed by atoms with E-state index in [1.165, 1.54) is 5.56 Å². The normalized spacial score (nSPS) is 15.6. The summed E-state index contributed by atoms with van der Waals surface area (Å²) < 4.78 is 0. The number of aryl methyl sites for hydroxylation is 1. The number of nitrogens with zero attached hydrogens (tertiary/aromatic N) is 2. The molecule has 1 saturated heterocycles. The lowest BCUT2D eigenvalue weighted by molar-refractivity contribution is -0.130. The molecule has 1 fully saturated rings. The molecule has 5 heteroatoms. The Hall–Kier alpha value is -1.88. The summed E-state index contributed by atoms with van der Waals surface area (Å²) in [5, 5.41) is 3.10. The Morgan fingerprint density at radius 3 is 2.42 bits per heavy atom. The minimum absolute atomic E-state index is 0.0557. The summed E-state index contributed by atoms with van der Waals surface area (Å²) in [5.41, 5.74) is 3.24. The number of nitrogens with one attached hydrogen (secondary N) is 1. The van der Waals surface area contributed by atoms with Gasteiger partial charge in [0.05, 0.1) is 0 Å². The van der Waals surface area contributed by atoms with Crippen molar-refractivity contribution in [2.45, 2.75) is 40.0 Å². The zero-order chi connectivity index (χ0) is 17.7. The number of hydrogen-bond donors (Lipinski definition) is 1. The second-order valence-electron chi connectivity index (χ2n) is 6.84. The van der Waals surface area contributed by atoms with Crippen molar-refractivity contribution in [2.24, 2.45) is 0 Å². The second-order valence-corrected chi connectivity index (χ2v) is 6.84. The summed E-state index contributed by atoms with van der Waals surface area (Å²) in [6.45, 7) is 11.8. The fourth-order valence-electron chi connectivity index (χ4n) is 3.09. The van der Waals surface area contributed by atoms with Crippen molar-refractivity contribution >= 4 is 17.5 Å². The summed E-state index contributed by atoms with van der Waals surface area (Å²) in [6.07, 6.45) is 0.478. The number of anilines is 1. The van der Waals surface area contributed by atoms with Gasteiger partial charge in [-0.1, -0.05) is 32.0 Å². The first kappa shape index (κ1) is 18.5.